The Bertz CT molecular complexity index is 221. The molecular formula is C9H18N2O3. The zero-order valence-electron chi connectivity index (χ0n) is 9.13. The maximum Gasteiger partial charge on any atom is 0.251 e. The lowest BCUT2D eigenvalue weighted by Crippen LogP contribution is -2.46. The molecule has 5 heteroatoms. The topological polar surface area (TPSA) is 69.6 Å². The van der Waals surface area contributed by atoms with Gasteiger partial charge in [0.15, 0.2) is 0 Å². The van der Waals surface area contributed by atoms with Crippen molar-refractivity contribution in [2.24, 2.45) is 0 Å². The van der Waals surface area contributed by atoms with Gasteiger partial charge in [0, 0.05) is 13.6 Å². The van der Waals surface area contributed by atoms with Crippen molar-refractivity contribution >= 4 is 11.8 Å². The van der Waals surface area contributed by atoms with Crippen molar-refractivity contribution in [3.8, 4) is 0 Å². The minimum atomic E-state index is -1.44. The molecule has 0 spiro atoms. The summed E-state index contributed by atoms with van der Waals surface area (Å²) < 4.78 is 0. The summed E-state index contributed by atoms with van der Waals surface area (Å²) in [4.78, 5) is 23.9. The van der Waals surface area contributed by atoms with Crippen LogP contribution in [-0.2, 0) is 9.59 Å². The van der Waals surface area contributed by atoms with Gasteiger partial charge in [-0.2, -0.15) is 0 Å². The second-order valence-electron chi connectivity index (χ2n) is 3.65. The molecule has 0 bridgehead atoms. The Labute approximate surface area is 84.1 Å². The average molecular weight is 202 g/mol. The quantitative estimate of drug-likeness (QED) is 0.636. The molecule has 0 saturated heterocycles. The van der Waals surface area contributed by atoms with E-state index in [1.165, 1.54) is 18.7 Å². The van der Waals surface area contributed by atoms with Crippen LogP contribution in [-0.4, -0.2) is 47.6 Å². The Morgan fingerprint density at radius 1 is 1.43 bits per heavy atom. The van der Waals surface area contributed by atoms with Crippen LogP contribution >= 0.6 is 0 Å². The molecule has 0 unspecified atom stereocenters. The van der Waals surface area contributed by atoms with Gasteiger partial charge in [0.25, 0.3) is 5.91 Å². The summed E-state index contributed by atoms with van der Waals surface area (Å²) >= 11 is 0. The number of hydrogen-bond donors (Lipinski definition) is 2. The summed E-state index contributed by atoms with van der Waals surface area (Å²) in [7, 11) is 1.65. The van der Waals surface area contributed by atoms with E-state index in [1.807, 2.05) is 6.92 Å². The second-order valence-corrected chi connectivity index (χ2v) is 3.65. The average Bonchev–Trinajstić information content (AvgIpc) is 2.10. The number of rotatable bonds is 4. The van der Waals surface area contributed by atoms with Crippen molar-refractivity contribution < 1.29 is 14.7 Å². The first-order valence-corrected chi connectivity index (χ1v) is 4.53. The number of amides is 2. The summed E-state index contributed by atoms with van der Waals surface area (Å²) in [6, 6.07) is 0. The molecule has 2 amide bonds. The molecule has 2 N–H and O–H groups in total. The number of nitrogens with one attached hydrogen (secondary N) is 1. The van der Waals surface area contributed by atoms with E-state index < -0.39 is 11.5 Å². The highest BCUT2D eigenvalue weighted by Gasteiger charge is 2.24. The second kappa shape index (κ2) is 4.95. The van der Waals surface area contributed by atoms with Crippen molar-refractivity contribution in [2.75, 3.05) is 20.1 Å². The third-order valence-corrected chi connectivity index (χ3v) is 1.86. The van der Waals surface area contributed by atoms with Crippen LogP contribution in [0.4, 0.5) is 0 Å². The van der Waals surface area contributed by atoms with Gasteiger partial charge in [0.05, 0.1) is 6.54 Å². The minimum absolute atomic E-state index is 0.0762. The highest BCUT2D eigenvalue weighted by Crippen LogP contribution is 1.99. The lowest BCUT2D eigenvalue weighted by Gasteiger charge is -2.18. The zero-order valence-corrected chi connectivity index (χ0v) is 9.13. The molecule has 0 aromatic heterocycles. The predicted molar refractivity (Wildman–Crippen MR) is 52.6 cm³/mol. The van der Waals surface area contributed by atoms with Gasteiger partial charge < -0.3 is 15.3 Å². The number of nitrogens with zero attached hydrogens (tertiary/aromatic N) is 1. The largest absolute Gasteiger partial charge is 0.381 e. The molecule has 0 aromatic rings. The van der Waals surface area contributed by atoms with Crippen LogP contribution in [0.5, 0.6) is 0 Å². The first-order valence-electron chi connectivity index (χ1n) is 4.53. The number of aliphatic hydroxyl groups is 1. The molecule has 0 radical (unpaired) electrons. The van der Waals surface area contributed by atoms with Gasteiger partial charge in [-0.1, -0.05) is 0 Å². The molecule has 5 nitrogen and oxygen atoms in total. The van der Waals surface area contributed by atoms with Gasteiger partial charge >= 0.3 is 0 Å². The molecule has 0 fully saturated rings. The fourth-order valence-electron chi connectivity index (χ4n) is 0.684. The van der Waals surface area contributed by atoms with Gasteiger partial charge in [-0.3, -0.25) is 9.59 Å². The number of carbonyl (C=O) groups is 2. The van der Waals surface area contributed by atoms with E-state index in [4.69, 9.17) is 0 Å². The van der Waals surface area contributed by atoms with E-state index in [0.717, 1.165) is 0 Å². The lowest BCUT2D eigenvalue weighted by atomic mass is 10.1. The summed E-state index contributed by atoms with van der Waals surface area (Å²) in [6.07, 6.45) is 0. The van der Waals surface area contributed by atoms with Crippen molar-refractivity contribution in [3.63, 3.8) is 0 Å². The van der Waals surface area contributed by atoms with Crippen LogP contribution in [0.3, 0.4) is 0 Å². The van der Waals surface area contributed by atoms with Crippen LogP contribution in [0.2, 0.25) is 0 Å². The maximum absolute atomic E-state index is 11.2. The van der Waals surface area contributed by atoms with Gasteiger partial charge in [0.1, 0.15) is 5.60 Å². The number of likely N-dealkylation sites (N-methyl/N-ethyl adjacent to an activating group) is 1. The van der Waals surface area contributed by atoms with Crippen LogP contribution in [0.25, 0.3) is 0 Å². The Morgan fingerprint density at radius 2 is 1.93 bits per heavy atom. The molecular weight excluding hydrogens is 184 g/mol. The first kappa shape index (κ1) is 12.9. The lowest BCUT2D eigenvalue weighted by molar-refractivity contribution is -0.139. The molecule has 0 aliphatic heterocycles. The molecule has 0 atom stereocenters. The van der Waals surface area contributed by atoms with E-state index in [1.54, 1.807) is 7.05 Å². The molecule has 0 heterocycles. The predicted octanol–water partition coefficient (Wildman–Crippen LogP) is -0.648. The summed E-state index contributed by atoms with van der Waals surface area (Å²) in [6.45, 7) is 5.10. The van der Waals surface area contributed by atoms with Gasteiger partial charge in [0.2, 0.25) is 5.91 Å². The fraction of sp³-hybridized carbons (Fsp3) is 0.778. The van der Waals surface area contributed by atoms with Crippen LogP contribution in [0, 0.1) is 0 Å². The smallest absolute Gasteiger partial charge is 0.251 e. The third kappa shape index (κ3) is 4.23. The third-order valence-electron chi connectivity index (χ3n) is 1.86. The van der Waals surface area contributed by atoms with E-state index in [0.29, 0.717) is 6.54 Å². The zero-order chi connectivity index (χ0) is 11.4. The van der Waals surface area contributed by atoms with E-state index >= 15 is 0 Å². The van der Waals surface area contributed by atoms with Crippen LogP contribution < -0.4 is 5.32 Å². The van der Waals surface area contributed by atoms with Crippen LogP contribution in [0.15, 0.2) is 0 Å². The van der Waals surface area contributed by atoms with Crippen LogP contribution in [0.1, 0.15) is 20.8 Å². The standard InChI is InChI=1S/C9H18N2O3/c1-5-11(4)7(12)6-10-8(13)9(2,3)14/h14H,5-6H2,1-4H3,(H,10,13). The SMILES string of the molecule is CCN(C)C(=O)CNC(=O)C(C)(C)O. The molecule has 0 saturated carbocycles. The molecule has 0 rings (SSSR count). The molecule has 0 aliphatic carbocycles. The monoisotopic (exact) mass is 202 g/mol. The Hall–Kier alpha value is -1.10. The summed E-state index contributed by atoms with van der Waals surface area (Å²) in [5.74, 6) is -0.722. The summed E-state index contributed by atoms with van der Waals surface area (Å²) in [5, 5.41) is 11.6. The van der Waals surface area contributed by atoms with E-state index in [2.05, 4.69) is 5.32 Å². The van der Waals surface area contributed by atoms with Crippen molar-refractivity contribution in [3.05, 3.63) is 0 Å². The van der Waals surface area contributed by atoms with Crippen molar-refractivity contribution in [1.82, 2.24) is 10.2 Å². The molecule has 82 valence electrons. The highest BCUT2D eigenvalue weighted by molar-refractivity contribution is 5.88. The first-order chi connectivity index (χ1) is 6.29. The maximum atomic E-state index is 11.2. The number of hydrogen-bond acceptors (Lipinski definition) is 3. The Kier molecular flexibility index (Phi) is 4.56. The highest BCUT2D eigenvalue weighted by atomic mass is 16.3. The van der Waals surface area contributed by atoms with Gasteiger partial charge in [-0.05, 0) is 20.8 Å². The molecule has 0 aromatic carbocycles. The van der Waals surface area contributed by atoms with Crippen molar-refractivity contribution in [2.45, 2.75) is 26.4 Å². The van der Waals surface area contributed by atoms with Gasteiger partial charge in [-0.15, -0.1) is 0 Å². The van der Waals surface area contributed by atoms with E-state index in [9.17, 15) is 14.7 Å². The molecule has 14 heavy (non-hydrogen) atoms. The normalized spacial score (nSPS) is 10.9. The van der Waals surface area contributed by atoms with Gasteiger partial charge in [-0.25, -0.2) is 0 Å². The minimum Gasteiger partial charge on any atom is -0.381 e. The summed E-state index contributed by atoms with van der Waals surface area (Å²) in [5.41, 5.74) is -1.44. The van der Waals surface area contributed by atoms with E-state index in [-0.39, 0.29) is 12.5 Å². The fourth-order valence-corrected chi connectivity index (χ4v) is 0.684. The molecule has 0 aliphatic rings. The number of carbonyl (C=O) groups excluding carboxylic acids is 2. The van der Waals surface area contributed by atoms with Crippen molar-refractivity contribution in [1.29, 1.82) is 0 Å². The Balaban J connectivity index is 3.96. The Morgan fingerprint density at radius 3 is 2.29 bits per heavy atom.